The summed E-state index contributed by atoms with van der Waals surface area (Å²) in [6.45, 7) is 6.55. The Kier molecular flexibility index (Phi) is 5.75. The van der Waals surface area contributed by atoms with E-state index < -0.39 is 0 Å². The summed E-state index contributed by atoms with van der Waals surface area (Å²) in [7, 11) is 0. The Hall–Kier alpha value is -0.770. The Bertz CT molecular complexity index is 321. The second kappa shape index (κ2) is 6.84. The van der Waals surface area contributed by atoms with Crippen molar-refractivity contribution < 1.29 is 9.47 Å². The standard InChI is InChI=1S/C13H19NO2.ClH/c1-10(2)16-12-5-3-11(4-6-12)13-9-15-8-7-14-13;/h3-6,10,13-14H,7-9H2,1-2H3;1H/t13-;/m1./s1. The smallest absolute Gasteiger partial charge is 0.119 e. The molecule has 1 aromatic carbocycles. The lowest BCUT2D eigenvalue weighted by Crippen LogP contribution is -2.34. The number of morpholine rings is 1. The van der Waals surface area contributed by atoms with Crippen molar-refractivity contribution in [3.05, 3.63) is 29.8 Å². The van der Waals surface area contributed by atoms with E-state index in [0.717, 1.165) is 25.5 Å². The Labute approximate surface area is 109 Å². The molecule has 1 aliphatic heterocycles. The maximum atomic E-state index is 5.60. The monoisotopic (exact) mass is 257 g/mol. The van der Waals surface area contributed by atoms with Gasteiger partial charge in [-0.15, -0.1) is 12.4 Å². The van der Waals surface area contributed by atoms with Crippen molar-refractivity contribution in [2.75, 3.05) is 19.8 Å². The third-order valence-electron chi connectivity index (χ3n) is 2.58. The van der Waals surface area contributed by atoms with E-state index in [1.807, 2.05) is 26.0 Å². The fraction of sp³-hybridized carbons (Fsp3) is 0.538. The van der Waals surface area contributed by atoms with Gasteiger partial charge in [-0.1, -0.05) is 12.1 Å². The lowest BCUT2D eigenvalue weighted by Gasteiger charge is -2.24. The fourth-order valence-electron chi connectivity index (χ4n) is 1.83. The summed E-state index contributed by atoms with van der Waals surface area (Å²) in [5, 5.41) is 3.43. The molecule has 1 aromatic rings. The SMILES string of the molecule is CC(C)Oc1ccc([C@H]2COCCN2)cc1.Cl. The quantitative estimate of drug-likeness (QED) is 0.903. The van der Waals surface area contributed by atoms with Crippen LogP contribution in [0.25, 0.3) is 0 Å². The van der Waals surface area contributed by atoms with Crippen LogP contribution in [0.3, 0.4) is 0 Å². The molecule has 0 radical (unpaired) electrons. The average Bonchev–Trinajstić information content (AvgIpc) is 2.30. The zero-order chi connectivity index (χ0) is 11.4. The number of hydrogen-bond donors (Lipinski definition) is 1. The molecule has 96 valence electrons. The third-order valence-corrected chi connectivity index (χ3v) is 2.58. The molecule has 3 nitrogen and oxygen atoms in total. The Morgan fingerprint density at radius 1 is 1.29 bits per heavy atom. The molecule has 17 heavy (non-hydrogen) atoms. The third kappa shape index (κ3) is 4.19. The van der Waals surface area contributed by atoms with Crippen molar-refractivity contribution in [3.8, 4) is 5.75 Å². The summed E-state index contributed by atoms with van der Waals surface area (Å²) in [5.41, 5.74) is 1.26. The number of halogens is 1. The van der Waals surface area contributed by atoms with Gasteiger partial charge in [-0.25, -0.2) is 0 Å². The van der Waals surface area contributed by atoms with Gasteiger partial charge in [-0.2, -0.15) is 0 Å². The Morgan fingerprint density at radius 3 is 2.53 bits per heavy atom. The van der Waals surface area contributed by atoms with Crippen LogP contribution >= 0.6 is 12.4 Å². The van der Waals surface area contributed by atoms with Gasteiger partial charge in [0.1, 0.15) is 5.75 Å². The van der Waals surface area contributed by atoms with E-state index in [4.69, 9.17) is 9.47 Å². The van der Waals surface area contributed by atoms with Crippen LogP contribution in [0.5, 0.6) is 5.75 Å². The minimum atomic E-state index is 0. The summed E-state index contributed by atoms with van der Waals surface area (Å²) >= 11 is 0. The van der Waals surface area contributed by atoms with Crippen LogP contribution in [0.2, 0.25) is 0 Å². The molecule has 0 bridgehead atoms. The minimum absolute atomic E-state index is 0. The molecule has 0 unspecified atom stereocenters. The highest BCUT2D eigenvalue weighted by Crippen LogP contribution is 2.20. The molecule has 0 spiro atoms. The molecule has 1 aliphatic rings. The topological polar surface area (TPSA) is 30.5 Å². The zero-order valence-corrected chi connectivity index (χ0v) is 11.1. The Balaban J connectivity index is 0.00000144. The molecular weight excluding hydrogens is 238 g/mol. The highest BCUT2D eigenvalue weighted by molar-refractivity contribution is 5.85. The highest BCUT2D eigenvalue weighted by Gasteiger charge is 2.14. The van der Waals surface area contributed by atoms with E-state index in [1.165, 1.54) is 5.56 Å². The molecule has 1 heterocycles. The first-order valence-electron chi connectivity index (χ1n) is 5.83. The van der Waals surface area contributed by atoms with E-state index in [0.29, 0.717) is 6.04 Å². The van der Waals surface area contributed by atoms with Gasteiger partial charge in [0, 0.05) is 6.54 Å². The predicted octanol–water partition coefficient (Wildman–Crippen LogP) is 2.56. The van der Waals surface area contributed by atoms with Gasteiger partial charge < -0.3 is 14.8 Å². The molecule has 0 aliphatic carbocycles. The van der Waals surface area contributed by atoms with Gasteiger partial charge in [0.25, 0.3) is 0 Å². The molecule has 0 amide bonds. The van der Waals surface area contributed by atoms with E-state index in [2.05, 4.69) is 17.4 Å². The van der Waals surface area contributed by atoms with Crippen LogP contribution in [0, 0.1) is 0 Å². The van der Waals surface area contributed by atoms with Crippen LogP contribution in [0.4, 0.5) is 0 Å². The minimum Gasteiger partial charge on any atom is -0.491 e. The van der Waals surface area contributed by atoms with E-state index in [-0.39, 0.29) is 18.5 Å². The molecule has 1 atom stereocenters. The number of nitrogens with one attached hydrogen (secondary N) is 1. The normalized spacial score (nSPS) is 19.8. The first-order chi connectivity index (χ1) is 7.75. The second-order valence-corrected chi connectivity index (χ2v) is 4.32. The summed E-state index contributed by atoms with van der Waals surface area (Å²) in [4.78, 5) is 0. The molecule has 1 N–H and O–H groups in total. The van der Waals surface area contributed by atoms with Gasteiger partial charge in [-0.3, -0.25) is 0 Å². The van der Waals surface area contributed by atoms with Crippen molar-refractivity contribution in [1.29, 1.82) is 0 Å². The number of rotatable bonds is 3. The van der Waals surface area contributed by atoms with Crippen molar-refractivity contribution >= 4 is 12.4 Å². The average molecular weight is 258 g/mol. The molecular formula is C13H20ClNO2. The molecule has 2 rings (SSSR count). The summed E-state index contributed by atoms with van der Waals surface area (Å²) < 4.78 is 11.0. The highest BCUT2D eigenvalue weighted by atomic mass is 35.5. The summed E-state index contributed by atoms with van der Waals surface area (Å²) in [5.74, 6) is 0.926. The van der Waals surface area contributed by atoms with Crippen molar-refractivity contribution in [1.82, 2.24) is 5.32 Å². The number of benzene rings is 1. The van der Waals surface area contributed by atoms with Crippen LogP contribution < -0.4 is 10.1 Å². The first-order valence-corrected chi connectivity index (χ1v) is 5.83. The van der Waals surface area contributed by atoms with Crippen LogP contribution in [-0.4, -0.2) is 25.9 Å². The van der Waals surface area contributed by atoms with Gasteiger partial charge in [0.2, 0.25) is 0 Å². The van der Waals surface area contributed by atoms with E-state index in [1.54, 1.807) is 0 Å². The van der Waals surface area contributed by atoms with Gasteiger partial charge in [0.15, 0.2) is 0 Å². The summed E-state index contributed by atoms with van der Waals surface area (Å²) in [6, 6.07) is 8.56. The Morgan fingerprint density at radius 2 is 2.00 bits per heavy atom. The molecule has 1 fully saturated rings. The first kappa shape index (κ1) is 14.3. The van der Waals surface area contributed by atoms with Crippen LogP contribution in [0.15, 0.2) is 24.3 Å². The van der Waals surface area contributed by atoms with Gasteiger partial charge in [-0.05, 0) is 31.5 Å². The van der Waals surface area contributed by atoms with Crippen LogP contribution in [0.1, 0.15) is 25.5 Å². The maximum Gasteiger partial charge on any atom is 0.119 e. The molecule has 0 saturated carbocycles. The van der Waals surface area contributed by atoms with E-state index >= 15 is 0 Å². The largest absolute Gasteiger partial charge is 0.491 e. The second-order valence-electron chi connectivity index (χ2n) is 4.32. The molecule has 1 saturated heterocycles. The van der Waals surface area contributed by atoms with Crippen molar-refractivity contribution in [2.45, 2.75) is 26.0 Å². The van der Waals surface area contributed by atoms with E-state index in [9.17, 15) is 0 Å². The zero-order valence-electron chi connectivity index (χ0n) is 10.3. The number of hydrogen-bond acceptors (Lipinski definition) is 3. The van der Waals surface area contributed by atoms with Crippen LogP contribution in [-0.2, 0) is 4.74 Å². The molecule has 0 aromatic heterocycles. The van der Waals surface area contributed by atoms with Crippen molar-refractivity contribution in [3.63, 3.8) is 0 Å². The maximum absolute atomic E-state index is 5.60. The fourth-order valence-corrected chi connectivity index (χ4v) is 1.83. The molecule has 4 heteroatoms. The van der Waals surface area contributed by atoms with Gasteiger partial charge >= 0.3 is 0 Å². The lowest BCUT2D eigenvalue weighted by atomic mass is 10.1. The van der Waals surface area contributed by atoms with Crippen molar-refractivity contribution in [2.24, 2.45) is 0 Å². The van der Waals surface area contributed by atoms with Gasteiger partial charge in [0.05, 0.1) is 25.4 Å². The number of ether oxygens (including phenoxy) is 2. The predicted molar refractivity (Wildman–Crippen MR) is 71.0 cm³/mol. The lowest BCUT2D eigenvalue weighted by molar-refractivity contribution is 0.0768. The summed E-state index contributed by atoms with van der Waals surface area (Å²) in [6.07, 6.45) is 0.224.